The maximum absolute atomic E-state index is 13.1. The highest BCUT2D eigenvalue weighted by Crippen LogP contribution is 2.22. The van der Waals surface area contributed by atoms with E-state index in [-0.39, 0.29) is 18.8 Å². The summed E-state index contributed by atoms with van der Waals surface area (Å²) in [5.74, 6) is -0.0590. The number of aromatic nitrogens is 4. The van der Waals surface area contributed by atoms with Gasteiger partial charge in [-0.3, -0.25) is 13.9 Å². The number of aliphatic hydroxyl groups excluding tert-OH is 2. The molecule has 0 radical (unpaired) electrons. The Labute approximate surface area is 184 Å². The van der Waals surface area contributed by atoms with Crippen molar-refractivity contribution in [2.24, 2.45) is 0 Å². The number of hydrogen-bond acceptors (Lipinski definition) is 5. The average Bonchev–Trinajstić information content (AvgIpc) is 3.44. The fourth-order valence-corrected chi connectivity index (χ4v) is 3.98. The summed E-state index contributed by atoms with van der Waals surface area (Å²) in [6, 6.07) is 19.4. The molecule has 160 valence electrons. The van der Waals surface area contributed by atoms with Crippen molar-refractivity contribution >= 4 is 22.3 Å². The number of nitrogens with zero attached hydrogens (tertiary/aromatic N) is 4. The third-order valence-corrected chi connectivity index (χ3v) is 5.68. The van der Waals surface area contributed by atoms with Crippen molar-refractivity contribution in [2.75, 3.05) is 6.61 Å². The number of carbonyl (C=O) groups excluding carboxylic acids is 1. The molecule has 7 nitrogen and oxygen atoms in total. The molecule has 5 rings (SSSR count). The topological polar surface area (TPSA) is 92.7 Å². The average molecular weight is 426 g/mol. The van der Waals surface area contributed by atoms with Crippen LogP contribution in [-0.4, -0.2) is 41.8 Å². The predicted molar refractivity (Wildman–Crippen MR) is 121 cm³/mol. The van der Waals surface area contributed by atoms with Crippen LogP contribution in [0.3, 0.4) is 0 Å². The summed E-state index contributed by atoms with van der Waals surface area (Å²) in [6.07, 6.45) is 4.32. The van der Waals surface area contributed by atoms with E-state index in [1.165, 1.54) is 0 Å². The second kappa shape index (κ2) is 8.37. The van der Waals surface area contributed by atoms with Crippen LogP contribution in [0, 0.1) is 0 Å². The number of benzene rings is 2. The standard InChI is InChI=1S/C25H22N4O3/c30-16-24(32)19-9-10-28-22(14-26-25(28)12-19)23(31)11-18-7-4-8-21-20(18)13-27-29(21)15-17-5-2-1-3-6-17/h1-10,12-14,24,30,32H,11,15-16H2. The molecule has 0 spiro atoms. The molecule has 1 atom stereocenters. The minimum absolute atomic E-state index is 0.0590. The van der Waals surface area contributed by atoms with Crippen molar-refractivity contribution < 1.29 is 15.0 Å². The van der Waals surface area contributed by atoms with Gasteiger partial charge in [0.1, 0.15) is 17.4 Å². The Hall–Kier alpha value is -3.81. The number of ketones is 1. The van der Waals surface area contributed by atoms with E-state index >= 15 is 0 Å². The Balaban J connectivity index is 1.43. The van der Waals surface area contributed by atoms with Crippen LogP contribution in [0.2, 0.25) is 0 Å². The summed E-state index contributed by atoms with van der Waals surface area (Å²) in [7, 11) is 0. The summed E-state index contributed by atoms with van der Waals surface area (Å²) >= 11 is 0. The molecule has 32 heavy (non-hydrogen) atoms. The monoisotopic (exact) mass is 426 g/mol. The van der Waals surface area contributed by atoms with Gasteiger partial charge in [-0.2, -0.15) is 5.10 Å². The molecule has 0 aliphatic rings. The molecule has 3 heterocycles. The quantitative estimate of drug-likeness (QED) is 0.390. The van der Waals surface area contributed by atoms with Gasteiger partial charge in [0.25, 0.3) is 0 Å². The Bertz CT molecular complexity index is 1410. The van der Waals surface area contributed by atoms with Gasteiger partial charge in [0.05, 0.1) is 31.1 Å². The summed E-state index contributed by atoms with van der Waals surface area (Å²) in [4.78, 5) is 17.4. The molecule has 0 fully saturated rings. The van der Waals surface area contributed by atoms with Crippen LogP contribution in [0.25, 0.3) is 16.6 Å². The van der Waals surface area contributed by atoms with Crippen LogP contribution in [0.5, 0.6) is 0 Å². The molecule has 2 N–H and O–H groups in total. The molecule has 0 saturated carbocycles. The van der Waals surface area contributed by atoms with E-state index in [4.69, 9.17) is 5.11 Å². The predicted octanol–water partition coefficient (Wildman–Crippen LogP) is 3.18. The summed E-state index contributed by atoms with van der Waals surface area (Å²) in [5, 5.41) is 24.5. The van der Waals surface area contributed by atoms with E-state index in [2.05, 4.69) is 22.2 Å². The lowest BCUT2D eigenvalue weighted by Crippen LogP contribution is -2.08. The second-order valence-corrected chi connectivity index (χ2v) is 7.77. The summed E-state index contributed by atoms with van der Waals surface area (Å²) in [6.45, 7) is 0.293. The zero-order valence-corrected chi connectivity index (χ0v) is 17.3. The number of hydrogen-bond donors (Lipinski definition) is 2. The van der Waals surface area contributed by atoms with E-state index < -0.39 is 6.10 Å². The van der Waals surface area contributed by atoms with Crippen molar-refractivity contribution in [3.8, 4) is 0 Å². The van der Waals surface area contributed by atoms with Gasteiger partial charge < -0.3 is 10.2 Å². The lowest BCUT2D eigenvalue weighted by atomic mass is 10.0. The van der Waals surface area contributed by atoms with E-state index in [1.807, 2.05) is 47.3 Å². The smallest absolute Gasteiger partial charge is 0.185 e. The van der Waals surface area contributed by atoms with Crippen molar-refractivity contribution in [3.63, 3.8) is 0 Å². The molecule has 0 saturated heterocycles. The number of Topliss-reactive ketones (excluding diaryl/α,β-unsaturated/α-hetero) is 1. The van der Waals surface area contributed by atoms with Crippen molar-refractivity contribution in [3.05, 3.63) is 102 Å². The fourth-order valence-electron chi connectivity index (χ4n) is 3.98. The van der Waals surface area contributed by atoms with Crippen molar-refractivity contribution in [1.29, 1.82) is 0 Å². The number of fused-ring (bicyclic) bond motifs is 2. The second-order valence-electron chi connectivity index (χ2n) is 7.77. The SMILES string of the molecule is O=C(Cc1cccc2c1cnn2Cc1ccccc1)c1cnc2cc(C(O)CO)ccn12. The molecule has 2 aromatic carbocycles. The van der Waals surface area contributed by atoms with Gasteiger partial charge in [-0.15, -0.1) is 0 Å². The number of aliphatic hydroxyl groups is 2. The molecule has 0 aliphatic heterocycles. The molecule has 7 heteroatoms. The van der Waals surface area contributed by atoms with E-state index in [0.717, 1.165) is 22.0 Å². The van der Waals surface area contributed by atoms with Crippen LogP contribution in [0.1, 0.15) is 33.3 Å². The van der Waals surface area contributed by atoms with Gasteiger partial charge in [-0.05, 0) is 34.9 Å². The van der Waals surface area contributed by atoms with Gasteiger partial charge in [0.2, 0.25) is 0 Å². The van der Waals surface area contributed by atoms with Crippen LogP contribution < -0.4 is 0 Å². The maximum atomic E-state index is 13.1. The van der Waals surface area contributed by atoms with Crippen molar-refractivity contribution in [1.82, 2.24) is 19.2 Å². The van der Waals surface area contributed by atoms with Crippen LogP contribution in [0.4, 0.5) is 0 Å². The molecular weight excluding hydrogens is 404 g/mol. The first-order valence-electron chi connectivity index (χ1n) is 10.4. The normalized spacial score (nSPS) is 12.4. The summed E-state index contributed by atoms with van der Waals surface area (Å²) < 4.78 is 3.65. The minimum atomic E-state index is -0.971. The first-order chi connectivity index (χ1) is 15.6. The lowest BCUT2D eigenvalue weighted by Gasteiger charge is -2.08. The van der Waals surface area contributed by atoms with Gasteiger partial charge in [-0.25, -0.2) is 4.98 Å². The highest BCUT2D eigenvalue weighted by Gasteiger charge is 2.17. The zero-order chi connectivity index (χ0) is 22.1. The van der Waals surface area contributed by atoms with Crippen LogP contribution in [-0.2, 0) is 13.0 Å². The summed E-state index contributed by atoms with van der Waals surface area (Å²) in [5.41, 5.74) is 4.63. The zero-order valence-electron chi connectivity index (χ0n) is 17.3. The molecule has 5 aromatic rings. The first kappa shape index (κ1) is 20.1. The van der Waals surface area contributed by atoms with E-state index in [1.54, 1.807) is 28.9 Å². The number of pyridine rings is 1. The third kappa shape index (κ3) is 3.68. The molecule has 0 bridgehead atoms. The fraction of sp³-hybridized carbons (Fsp3) is 0.160. The number of rotatable bonds is 7. The Morgan fingerprint density at radius 3 is 2.69 bits per heavy atom. The largest absolute Gasteiger partial charge is 0.393 e. The van der Waals surface area contributed by atoms with Gasteiger partial charge >= 0.3 is 0 Å². The van der Waals surface area contributed by atoms with Crippen LogP contribution >= 0.6 is 0 Å². The Morgan fingerprint density at radius 2 is 1.88 bits per heavy atom. The number of carbonyl (C=O) groups is 1. The van der Waals surface area contributed by atoms with Gasteiger partial charge in [0, 0.05) is 18.0 Å². The molecule has 0 aliphatic carbocycles. The van der Waals surface area contributed by atoms with Crippen LogP contribution in [0.15, 0.2) is 79.3 Å². The Kier molecular flexibility index (Phi) is 5.26. The third-order valence-electron chi connectivity index (χ3n) is 5.68. The molecule has 0 amide bonds. The first-order valence-corrected chi connectivity index (χ1v) is 10.4. The molecule has 1 unspecified atom stereocenters. The highest BCUT2D eigenvalue weighted by molar-refractivity contribution is 5.99. The van der Waals surface area contributed by atoms with E-state index in [0.29, 0.717) is 23.4 Å². The highest BCUT2D eigenvalue weighted by atomic mass is 16.3. The minimum Gasteiger partial charge on any atom is -0.393 e. The Morgan fingerprint density at radius 1 is 1.03 bits per heavy atom. The van der Waals surface area contributed by atoms with E-state index in [9.17, 15) is 9.90 Å². The lowest BCUT2D eigenvalue weighted by molar-refractivity contribution is 0.0956. The maximum Gasteiger partial charge on any atom is 0.185 e. The number of imidazole rings is 1. The van der Waals surface area contributed by atoms with Crippen molar-refractivity contribution in [2.45, 2.75) is 19.1 Å². The molecular formula is C25H22N4O3. The van der Waals surface area contributed by atoms with Gasteiger partial charge in [0.15, 0.2) is 5.78 Å². The van der Waals surface area contributed by atoms with Gasteiger partial charge in [-0.1, -0.05) is 42.5 Å². The molecule has 3 aromatic heterocycles.